The molecule has 0 spiro atoms. The number of anilines is 1. The summed E-state index contributed by atoms with van der Waals surface area (Å²) in [7, 11) is 1.25. The quantitative estimate of drug-likeness (QED) is 0.158. The van der Waals surface area contributed by atoms with Crippen molar-refractivity contribution < 1.29 is 28.9 Å². The van der Waals surface area contributed by atoms with Crippen molar-refractivity contribution in [3.05, 3.63) is 40.7 Å². The SMILES string of the molecule is CO/N=C(\C(=O)N[C@@H]1C(=O)N2C(C(=O)[O-])=C(C[n+]3cc4sc(C)cn4c3)CS[C@H]12)c1nsc(N)n1. The number of carboxylic acid groups (broad SMARTS) is 1. The van der Waals surface area contributed by atoms with Crippen LogP contribution in [0.2, 0.25) is 0 Å². The van der Waals surface area contributed by atoms with E-state index in [1.807, 2.05) is 34.6 Å². The minimum atomic E-state index is -1.44. The average molecular weight is 535 g/mol. The highest BCUT2D eigenvalue weighted by molar-refractivity contribution is 8.00. The van der Waals surface area contributed by atoms with Crippen LogP contribution in [0.3, 0.4) is 0 Å². The zero-order valence-electron chi connectivity index (χ0n) is 18.3. The highest BCUT2D eigenvalue weighted by Crippen LogP contribution is 2.40. The number of imidazole rings is 1. The maximum absolute atomic E-state index is 12.9. The van der Waals surface area contributed by atoms with Crippen LogP contribution in [0.15, 0.2) is 35.1 Å². The molecule has 182 valence electrons. The van der Waals surface area contributed by atoms with Gasteiger partial charge in [0, 0.05) is 27.7 Å². The number of thioether (sulfide) groups is 1. The number of nitrogens with zero attached hydrogens (tertiary/aromatic N) is 6. The second-order valence-electron chi connectivity index (χ2n) is 7.68. The number of amides is 2. The van der Waals surface area contributed by atoms with Gasteiger partial charge >= 0.3 is 0 Å². The van der Waals surface area contributed by atoms with E-state index in [-0.39, 0.29) is 22.4 Å². The Morgan fingerprint density at radius 3 is 2.91 bits per heavy atom. The van der Waals surface area contributed by atoms with Gasteiger partial charge in [-0.05, 0) is 6.92 Å². The first-order chi connectivity index (χ1) is 16.8. The summed E-state index contributed by atoms with van der Waals surface area (Å²) in [6.45, 7) is 2.30. The van der Waals surface area contributed by atoms with E-state index in [9.17, 15) is 19.5 Å². The summed E-state index contributed by atoms with van der Waals surface area (Å²) in [5.74, 6) is -2.43. The van der Waals surface area contributed by atoms with E-state index < -0.39 is 29.2 Å². The molecule has 16 heteroatoms. The first kappa shape index (κ1) is 23.3. The third kappa shape index (κ3) is 4.12. The lowest BCUT2D eigenvalue weighted by atomic mass is 10.0. The van der Waals surface area contributed by atoms with Crippen LogP contribution >= 0.6 is 34.6 Å². The number of nitrogens with one attached hydrogen (secondary N) is 1. The van der Waals surface area contributed by atoms with Crippen molar-refractivity contribution in [2.75, 3.05) is 18.6 Å². The molecule has 3 aromatic heterocycles. The fraction of sp³-hybridized carbons (Fsp3) is 0.316. The number of rotatable bonds is 7. The number of hydrogen-bond acceptors (Lipinski definition) is 12. The number of aliphatic carboxylic acids is 1. The number of thiazole rings is 1. The number of fused-ring (bicyclic) bond motifs is 2. The van der Waals surface area contributed by atoms with Crippen molar-refractivity contribution in [2.24, 2.45) is 5.16 Å². The predicted molar refractivity (Wildman–Crippen MR) is 125 cm³/mol. The Hall–Kier alpha value is -3.50. The van der Waals surface area contributed by atoms with Crippen LogP contribution in [0, 0.1) is 6.92 Å². The molecule has 35 heavy (non-hydrogen) atoms. The van der Waals surface area contributed by atoms with E-state index in [4.69, 9.17) is 10.6 Å². The Kier molecular flexibility index (Phi) is 5.94. The lowest BCUT2D eigenvalue weighted by Crippen LogP contribution is -2.71. The second kappa shape index (κ2) is 8.94. The van der Waals surface area contributed by atoms with Gasteiger partial charge in [0.15, 0.2) is 5.13 Å². The Bertz CT molecular complexity index is 1390. The van der Waals surface area contributed by atoms with Gasteiger partial charge in [0.25, 0.3) is 11.8 Å². The molecule has 1 fully saturated rings. The third-order valence-corrected chi connectivity index (χ3v) is 8.18. The van der Waals surface area contributed by atoms with Crippen molar-refractivity contribution in [3.8, 4) is 0 Å². The minimum Gasteiger partial charge on any atom is -0.543 e. The van der Waals surface area contributed by atoms with Crippen LogP contribution in [0.4, 0.5) is 5.13 Å². The maximum atomic E-state index is 12.9. The Balaban J connectivity index is 1.35. The number of carboxylic acids is 1. The van der Waals surface area contributed by atoms with Gasteiger partial charge in [-0.25, -0.2) is 4.57 Å². The number of carbonyl (C=O) groups is 3. The normalized spacial score (nSPS) is 20.1. The number of aryl methyl sites for hydroxylation is 1. The smallest absolute Gasteiger partial charge is 0.278 e. The monoisotopic (exact) mass is 534 g/mol. The number of aromatic nitrogens is 4. The molecule has 0 saturated carbocycles. The highest BCUT2D eigenvalue weighted by Gasteiger charge is 2.53. The molecule has 13 nitrogen and oxygen atoms in total. The van der Waals surface area contributed by atoms with Crippen molar-refractivity contribution in [2.45, 2.75) is 24.9 Å². The van der Waals surface area contributed by atoms with Gasteiger partial charge in [0.05, 0.1) is 11.7 Å². The van der Waals surface area contributed by atoms with E-state index >= 15 is 0 Å². The number of nitrogen functional groups attached to an aromatic ring is 1. The van der Waals surface area contributed by atoms with E-state index in [1.54, 1.807) is 11.3 Å². The molecule has 0 bridgehead atoms. The molecule has 5 rings (SSSR count). The molecular formula is C19H18N8O5S3. The number of β-lactam (4-membered cyclic amide) rings is 1. The van der Waals surface area contributed by atoms with E-state index in [0.717, 1.165) is 21.2 Å². The molecule has 0 aliphatic carbocycles. The summed E-state index contributed by atoms with van der Waals surface area (Å²) in [5, 5.41) is 17.8. The van der Waals surface area contributed by atoms with Gasteiger partial charge in [-0.2, -0.15) is 13.8 Å². The lowest BCUT2D eigenvalue weighted by Gasteiger charge is -2.50. The molecule has 0 aromatic carbocycles. The Morgan fingerprint density at radius 1 is 1.46 bits per heavy atom. The standard InChI is InChI=1S/C19H18N8O5S3/c1-8-3-26-7-25(5-10(26)34-8)4-9-6-33-17-12(16(29)27(17)13(9)18(30)31)21-15(28)11(23-32-2)14-22-19(20)35-24-14/h3,5,7,12,17H,4,6H2,1-2H3,(H3-,20,21,22,24,28,30,31)/b23-11-/t12-,17-/m1/s1. The van der Waals surface area contributed by atoms with Crippen LogP contribution in [-0.2, 0) is 25.8 Å². The zero-order chi connectivity index (χ0) is 24.9. The maximum Gasteiger partial charge on any atom is 0.278 e. The highest BCUT2D eigenvalue weighted by atomic mass is 32.2. The van der Waals surface area contributed by atoms with Gasteiger partial charge in [0.2, 0.25) is 22.7 Å². The molecule has 3 aromatic rings. The van der Waals surface area contributed by atoms with Crippen molar-refractivity contribution >= 4 is 68.1 Å². The Labute approximate surface area is 210 Å². The van der Waals surface area contributed by atoms with Crippen molar-refractivity contribution in [1.82, 2.24) is 24.0 Å². The van der Waals surface area contributed by atoms with Crippen LogP contribution < -0.4 is 20.7 Å². The average Bonchev–Trinajstić information content (AvgIpc) is 3.49. The summed E-state index contributed by atoms with van der Waals surface area (Å²) < 4.78 is 7.78. The van der Waals surface area contributed by atoms with Crippen molar-refractivity contribution in [3.63, 3.8) is 0 Å². The Morgan fingerprint density at radius 2 is 2.26 bits per heavy atom. The molecule has 0 unspecified atom stereocenters. The number of oxime groups is 1. The van der Waals surface area contributed by atoms with E-state index in [2.05, 4.69) is 19.8 Å². The van der Waals surface area contributed by atoms with E-state index in [1.165, 1.54) is 23.8 Å². The van der Waals surface area contributed by atoms with Gasteiger partial charge in [-0.3, -0.25) is 14.5 Å². The fourth-order valence-corrected chi connectivity index (χ4v) is 6.60. The lowest BCUT2D eigenvalue weighted by molar-refractivity contribution is -0.687. The van der Waals surface area contributed by atoms with Gasteiger partial charge in [-0.15, -0.1) is 11.8 Å². The molecular weight excluding hydrogens is 516 g/mol. The van der Waals surface area contributed by atoms with Crippen LogP contribution in [0.25, 0.3) is 4.83 Å². The molecule has 2 amide bonds. The summed E-state index contributed by atoms with van der Waals surface area (Å²) in [4.78, 5) is 49.8. The zero-order valence-corrected chi connectivity index (χ0v) is 20.8. The van der Waals surface area contributed by atoms with Crippen molar-refractivity contribution in [1.29, 1.82) is 0 Å². The molecule has 5 heterocycles. The molecule has 3 N–H and O–H groups in total. The summed E-state index contributed by atoms with van der Waals surface area (Å²) >= 11 is 3.85. The van der Waals surface area contributed by atoms with E-state index in [0.29, 0.717) is 17.9 Å². The summed E-state index contributed by atoms with van der Waals surface area (Å²) in [6, 6.07) is -0.961. The molecule has 2 aliphatic rings. The molecule has 0 radical (unpaired) electrons. The summed E-state index contributed by atoms with van der Waals surface area (Å²) in [6.07, 6.45) is 5.77. The summed E-state index contributed by atoms with van der Waals surface area (Å²) in [5.41, 5.74) is 5.72. The molecule has 1 saturated heterocycles. The predicted octanol–water partition coefficient (Wildman–Crippen LogP) is -1.51. The largest absolute Gasteiger partial charge is 0.543 e. The first-order valence-electron chi connectivity index (χ1n) is 10.1. The first-order valence-corrected chi connectivity index (χ1v) is 12.8. The van der Waals surface area contributed by atoms with Crippen LogP contribution in [0.1, 0.15) is 10.7 Å². The third-order valence-electron chi connectivity index (χ3n) is 5.34. The number of carbonyl (C=O) groups excluding carboxylic acids is 3. The van der Waals surface area contributed by atoms with Crippen LogP contribution in [0.5, 0.6) is 0 Å². The van der Waals surface area contributed by atoms with Crippen LogP contribution in [-0.4, -0.2) is 66.4 Å². The number of nitrogens with two attached hydrogens (primary N) is 1. The van der Waals surface area contributed by atoms with Gasteiger partial charge < -0.3 is 25.8 Å². The minimum absolute atomic E-state index is 0.0379. The topological polar surface area (TPSA) is 171 Å². The fourth-order valence-electron chi connectivity index (χ4n) is 3.94. The van der Waals surface area contributed by atoms with Gasteiger partial charge in [0.1, 0.15) is 37.5 Å². The number of hydrogen-bond donors (Lipinski definition) is 2. The molecule has 2 aliphatic heterocycles. The molecule has 2 atom stereocenters. The van der Waals surface area contributed by atoms with Gasteiger partial charge in [-0.1, -0.05) is 16.5 Å². The second-order valence-corrected chi connectivity index (χ2v) is 10.8.